The highest BCUT2D eigenvalue weighted by Gasteiger charge is 2.17. The Kier molecular flexibility index (Phi) is 6.93. The molecule has 28 heavy (non-hydrogen) atoms. The van der Waals surface area contributed by atoms with Gasteiger partial charge in [0.1, 0.15) is 5.82 Å². The predicted octanol–water partition coefficient (Wildman–Crippen LogP) is 3.88. The fourth-order valence-corrected chi connectivity index (χ4v) is 4.20. The summed E-state index contributed by atoms with van der Waals surface area (Å²) in [5.41, 5.74) is 2.70. The van der Waals surface area contributed by atoms with Crippen molar-refractivity contribution >= 4 is 41.1 Å². The average molecular weight is 436 g/mol. The van der Waals surface area contributed by atoms with E-state index < -0.39 is 0 Å². The molecule has 0 bridgehead atoms. The molecular weight excluding hydrogens is 418 g/mol. The number of halogens is 1. The fourth-order valence-electron chi connectivity index (χ4n) is 2.41. The molecule has 146 valence electrons. The van der Waals surface area contributed by atoms with Crippen LogP contribution in [0.25, 0.3) is 5.69 Å². The fraction of sp³-hybridized carbons (Fsp3) is 0.278. The lowest BCUT2D eigenvalue weighted by Crippen LogP contribution is -2.06. The summed E-state index contributed by atoms with van der Waals surface area (Å²) in [7, 11) is 1.36. The molecule has 1 aromatic carbocycles. The molecule has 0 aliphatic carbocycles. The first-order valence-corrected chi connectivity index (χ1v) is 10.7. The lowest BCUT2D eigenvalue weighted by Gasteiger charge is -2.10. The average Bonchev–Trinajstić information content (AvgIpc) is 3.07. The summed E-state index contributed by atoms with van der Waals surface area (Å²) in [6.45, 7) is 3.88. The van der Waals surface area contributed by atoms with E-state index in [-0.39, 0.29) is 11.7 Å². The first-order chi connectivity index (χ1) is 13.5. The molecule has 0 fully saturated rings. The number of thioether (sulfide) groups is 2. The van der Waals surface area contributed by atoms with Gasteiger partial charge in [0.05, 0.1) is 18.6 Å². The zero-order valence-corrected chi connectivity index (χ0v) is 17.9. The van der Waals surface area contributed by atoms with Crippen molar-refractivity contribution in [1.29, 1.82) is 0 Å². The van der Waals surface area contributed by atoms with Crippen molar-refractivity contribution in [1.82, 2.24) is 24.7 Å². The highest BCUT2D eigenvalue weighted by molar-refractivity contribution is 7.99. The van der Waals surface area contributed by atoms with E-state index in [0.717, 1.165) is 22.9 Å². The number of carbonyl (C=O) groups is 1. The smallest absolute Gasteiger partial charge is 0.316 e. The van der Waals surface area contributed by atoms with E-state index in [9.17, 15) is 4.79 Å². The van der Waals surface area contributed by atoms with Crippen molar-refractivity contribution in [2.45, 2.75) is 29.9 Å². The van der Waals surface area contributed by atoms with E-state index in [1.54, 1.807) is 12.1 Å². The number of ether oxygens (including phenoxy) is 1. The summed E-state index contributed by atoms with van der Waals surface area (Å²) >= 11 is 8.77. The topological polar surface area (TPSA) is 82.8 Å². The normalized spacial score (nSPS) is 10.9. The highest BCUT2D eigenvalue weighted by Crippen LogP contribution is 2.27. The second kappa shape index (κ2) is 9.40. The number of hydrogen-bond donors (Lipinski definition) is 0. The first kappa shape index (κ1) is 20.6. The number of aryl methyl sites for hydroxylation is 2. The molecular formula is C18H18ClN5O2S2. The van der Waals surface area contributed by atoms with Crippen molar-refractivity contribution in [2.24, 2.45) is 0 Å². The number of aromatic nitrogens is 5. The Labute approximate surface area is 176 Å². The van der Waals surface area contributed by atoms with Gasteiger partial charge in [-0.2, -0.15) is 0 Å². The zero-order valence-electron chi connectivity index (χ0n) is 15.5. The number of esters is 1. The largest absolute Gasteiger partial charge is 0.468 e. The second-order valence-electron chi connectivity index (χ2n) is 5.80. The quantitative estimate of drug-likeness (QED) is 0.314. The van der Waals surface area contributed by atoms with Crippen LogP contribution in [0.1, 0.15) is 17.2 Å². The molecule has 0 N–H and O–H groups in total. The van der Waals surface area contributed by atoms with Gasteiger partial charge in [-0.3, -0.25) is 9.36 Å². The Morgan fingerprint density at radius 1 is 1.11 bits per heavy atom. The van der Waals surface area contributed by atoms with Gasteiger partial charge >= 0.3 is 5.97 Å². The Morgan fingerprint density at radius 3 is 2.43 bits per heavy atom. The summed E-state index contributed by atoms with van der Waals surface area (Å²) in [5.74, 6) is 1.07. The van der Waals surface area contributed by atoms with Gasteiger partial charge in [-0.1, -0.05) is 35.1 Å². The lowest BCUT2D eigenvalue weighted by molar-refractivity contribution is -0.137. The van der Waals surface area contributed by atoms with Crippen molar-refractivity contribution in [3.8, 4) is 5.69 Å². The Balaban J connectivity index is 1.88. The van der Waals surface area contributed by atoms with Gasteiger partial charge in [-0.15, -0.1) is 10.2 Å². The van der Waals surface area contributed by atoms with Crippen LogP contribution in [0.3, 0.4) is 0 Å². The maximum atomic E-state index is 11.5. The van der Waals surface area contributed by atoms with E-state index in [2.05, 4.69) is 20.2 Å². The number of hydrogen-bond acceptors (Lipinski definition) is 8. The molecule has 0 unspecified atom stereocenters. The predicted molar refractivity (Wildman–Crippen MR) is 110 cm³/mol. The molecule has 0 saturated heterocycles. The minimum absolute atomic E-state index is 0.148. The maximum Gasteiger partial charge on any atom is 0.316 e. The summed E-state index contributed by atoms with van der Waals surface area (Å²) in [4.78, 5) is 20.4. The van der Waals surface area contributed by atoms with E-state index in [4.69, 9.17) is 16.3 Å². The van der Waals surface area contributed by atoms with Gasteiger partial charge in [0.2, 0.25) is 0 Å². The SMILES string of the molecule is COC(=O)CSc1nnc(CSc2nc(C)cc(C)n2)n1-c1ccc(Cl)cc1. The molecule has 3 rings (SSSR count). The third-order valence-electron chi connectivity index (χ3n) is 3.62. The van der Waals surface area contributed by atoms with Gasteiger partial charge in [-0.05, 0) is 44.2 Å². The number of carbonyl (C=O) groups excluding carboxylic acids is 1. The van der Waals surface area contributed by atoms with Crippen LogP contribution in [0, 0.1) is 13.8 Å². The lowest BCUT2D eigenvalue weighted by atomic mass is 10.3. The maximum absolute atomic E-state index is 11.5. The molecule has 0 spiro atoms. The minimum Gasteiger partial charge on any atom is -0.468 e. The molecule has 7 nitrogen and oxygen atoms in total. The Morgan fingerprint density at radius 2 is 1.79 bits per heavy atom. The van der Waals surface area contributed by atoms with Crippen LogP contribution in [-0.2, 0) is 15.3 Å². The third-order valence-corrected chi connectivity index (χ3v) is 5.62. The standard InChI is InChI=1S/C18H18ClN5O2S2/c1-11-8-12(2)21-17(20-11)27-9-15-22-23-18(28-10-16(25)26-3)24(15)14-6-4-13(19)5-7-14/h4-8H,9-10H2,1-3H3. The number of methoxy groups -OCH3 is 1. The molecule has 0 amide bonds. The zero-order chi connectivity index (χ0) is 20.1. The minimum atomic E-state index is -0.324. The van der Waals surface area contributed by atoms with Crippen LogP contribution < -0.4 is 0 Å². The molecule has 3 aromatic rings. The van der Waals surface area contributed by atoms with E-state index in [1.165, 1.54) is 30.6 Å². The van der Waals surface area contributed by atoms with Crippen LogP contribution in [0.15, 0.2) is 40.6 Å². The number of nitrogens with zero attached hydrogens (tertiary/aromatic N) is 5. The van der Waals surface area contributed by atoms with E-state index >= 15 is 0 Å². The van der Waals surface area contributed by atoms with Crippen molar-refractivity contribution in [2.75, 3.05) is 12.9 Å². The summed E-state index contributed by atoms with van der Waals surface area (Å²) in [6.07, 6.45) is 0. The molecule has 10 heteroatoms. The number of benzene rings is 1. The van der Waals surface area contributed by atoms with Gasteiger partial charge in [0.25, 0.3) is 0 Å². The van der Waals surface area contributed by atoms with Gasteiger partial charge in [0, 0.05) is 22.1 Å². The van der Waals surface area contributed by atoms with Gasteiger partial charge in [-0.25, -0.2) is 9.97 Å². The molecule has 0 atom stereocenters. The molecule has 2 heterocycles. The van der Waals surface area contributed by atoms with Gasteiger partial charge < -0.3 is 4.74 Å². The number of rotatable bonds is 7. The van der Waals surface area contributed by atoms with Crippen molar-refractivity contribution in [3.05, 3.63) is 52.6 Å². The molecule has 0 radical (unpaired) electrons. The first-order valence-electron chi connectivity index (χ1n) is 8.31. The van der Waals surface area contributed by atoms with Crippen LogP contribution in [-0.4, -0.2) is 43.6 Å². The van der Waals surface area contributed by atoms with E-state index in [0.29, 0.717) is 21.1 Å². The van der Waals surface area contributed by atoms with Crippen LogP contribution in [0.5, 0.6) is 0 Å². The Bertz CT molecular complexity index is 958. The van der Waals surface area contributed by atoms with E-state index in [1.807, 2.05) is 36.6 Å². The summed E-state index contributed by atoms with van der Waals surface area (Å²) < 4.78 is 6.61. The summed E-state index contributed by atoms with van der Waals surface area (Å²) in [6, 6.07) is 9.30. The van der Waals surface area contributed by atoms with Crippen molar-refractivity contribution < 1.29 is 9.53 Å². The molecule has 0 aliphatic rings. The van der Waals surface area contributed by atoms with Gasteiger partial charge in [0.15, 0.2) is 10.3 Å². The monoisotopic (exact) mass is 435 g/mol. The van der Waals surface area contributed by atoms with Crippen LogP contribution >= 0.6 is 35.1 Å². The Hall–Kier alpha value is -2.10. The van der Waals surface area contributed by atoms with Crippen LogP contribution in [0.2, 0.25) is 5.02 Å². The second-order valence-corrected chi connectivity index (χ2v) is 8.12. The summed E-state index contributed by atoms with van der Waals surface area (Å²) in [5, 5.41) is 10.5. The van der Waals surface area contributed by atoms with Crippen molar-refractivity contribution in [3.63, 3.8) is 0 Å². The third kappa shape index (κ3) is 5.24. The highest BCUT2D eigenvalue weighted by atomic mass is 35.5. The van der Waals surface area contributed by atoms with Crippen LogP contribution in [0.4, 0.5) is 0 Å². The molecule has 2 aromatic heterocycles. The molecule has 0 aliphatic heterocycles. The molecule has 0 saturated carbocycles.